The molecule has 0 aliphatic carbocycles. The molecule has 1 aliphatic rings. The van der Waals surface area contributed by atoms with Gasteiger partial charge in [-0.2, -0.15) is 0 Å². The molecule has 0 radical (unpaired) electrons. The van der Waals surface area contributed by atoms with Gasteiger partial charge in [-0.1, -0.05) is 0 Å². The predicted octanol–water partition coefficient (Wildman–Crippen LogP) is -1.30. The number of amides is 1. The number of piperazine rings is 1. The van der Waals surface area contributed by atoms with Crippen LogP contribution in [0.15, 0.2) is 0 Å². The highest BCUT2D eigenvalue weighted by atomic mass is 16.2. The molecule has 0 spiro atoms. The average Bonchev–Trinajstić information content (AvgIpc) is 2.25. The van der Waals surface area contributed by atoms with Crippen LogP contribution in [0.5, 0.6) is 0 Å². The lowest BCUT2D eigenvalue weighted by Gasteiger charge is -2.32. The van der Waals surface area contributed by atoms with Crippen LogP contribution < -0.4 is 11.1 Å². The Kier molecular flexibility index (Phi) is 5.60. The zero-order valence-electron chi connectivity index (χ0n) is 9.54. The van der Waals surface area contributed by atoms with Crippen molar-refractivity contribution in [3.8, 4) is 0 Å². The van der Waals surface area contributed by atoms with Crippen LogP contribution >= 0.6 is 0 Å². The molecule has 1 aliphatic heterocycles. The lowest BCUT2D eigenvalue weighted by atomic mass is 10.3. The standard InChI is InChI=1S/C10H22N4O/c1-13-5-7-14(8-6-13)10(15)9-12-4-2-3-11/h12H,2-9,11H2,1H3. The van der Waals surface area contributed by atoms with Crippen LogP contribution in [0.1, 0.15) is 6.42 Å². The van der Waals surface area contributed by atoms with Crippen molar-refractivity contribution in [3.05, 3.63) is 0 Å². The summed E-state index contributed by atoms with van der Waals surface area (Å²) in [4.78, 5) is 15.8. The summed E-state index contributed by atoms with van der Waals surface area (Å²) >= 11 is 0. The molecule has 0 aromatic rings. The minimum atomic E-state index is 0.208. The van der Waals surface area contributed by atoms with Crippen LogP contribution in [-0.2, 0) is 4.79 Å². The lowest BCUT2D eigenvalue weighted by molar-refractivity contribution is -0.131. The summed E-state index contributed by atoms with van der Waals surface area (Å²) in [6, 6.07) is 0. The van der Waals surface area contributed by atoms with Gasteiger partial charge >= 0.3 is 0 Å². The zero-order valence-corrected chi connectivity index (χ0v) is 9.54. The minimum Gasteiger partial charge on any atom is -0.339 e. The minimum absolute atomic E-state index is 0.208. The van der Waals surface area contributed by atoms with Gasteiger partial charge in [0.2, 0.25) is 5.91 Å². The molecule has 0 bridgehead atoms. The fourth-order valence-corrected chi connectivity index (χ4v) is 1.59. The van der Waals surface area contributed by atoms with E-state index >= 15 is 0 Å². The molecule has 0 unspecified atom stereocenters. The number of nitrogens with two attached hydrogens (primary N) is 1. The number of likely N-dealkylation sites (N-methyl/N-ethyl adjacent to an activating group) is 1. The van der Waals surface area contributed by atoms with Gasteiger partial charge in [0.05, 0.1) is 6.54 Å². The summed E-state index contributed by atoms with van der Waals surface area (Å²) in [6.45, 7) is 5.63. The fourth-order valence-electron chi connectivity index (χ4n) is 1.59. The Morgan fingerprint density at radius 2 is 2.00 bits per heavy atom. The first-order valence-electron chi connectivity index (χ1n) is 5.61. The van der Waals surface area contributed by atoms with Crippen LogP contribution in [-0.4, -0.2) is 68.6 Å². The van der Waals surface area contributed by atoms with Crippen molar-refractivity contribution >= 4 is 5.91 Å². The first kappa shape index (κ1) is 12.4. The van der Waals surface area contributed by atoms with Crippen molar-refractivity contribution in [2.45, 2.75) is 6.42 Å². The molecule has 15 heavy (non-hydrogen) atoms. The number of carbonyl (C=O) groups is 1. The number of rotatable bonds is 5. The molecule has 0 atom stereocenters. The van der Waals surface area contributed by atoms with Crippen LogP contribution in [0.3, 0.4) is 0 Å². The van der Waals surface area contributed by atoms with E-state index in [0.29, 0.717) is 13.1 Å². The lowest BCUT2D eigenvalue weighted by Crippen LogP contribution is -2.49. The van der Waals surface area contributed by atoms with E-state index in [1.165, 1.54) is 0 Å². The second kappa shape index (κ2) is 6.76. The van der Waals surface area contributed by atoms with Crippen LogP contribution in [0.25, 0.3) is 0 Å². The van der Waals surface area contributed by atoms with Gasteiger partial charge in [0, 0.05) is 26.2 Å². The van der Waals surface area contributed by atoms with E-state index in [1.54, 1.807) is 0 Å². The fraction of sp³-hybridized carbons (Fsp3) is 0.900. The monoisotopic (exact) mass is 214 g/mol. The summed E-state index contributed by atoms with van der Waals surface area (Å²) in [6.07, 6.45) is 0.927. The molecular weight excluding hydrogens is 192 g/mol. The molecule has 5 nitrogen and oxygen atoms in total. The van der Waals surface area contributed by atoms with Crippen LogP contribution in [0.4, 0.5) is 0 Å². The van der Waals surface area contributed by atoms with Gasteiger partial charge < -0.3 is 20.9 Å². The smallest absolute Gasteiger partial charge is 0.236 e. The molecule has 1 saturated heterocycles. The van der Waals surface area contributed by atoms with Crippen molar-refractivity contribution in [1.29, 1.82) is 0 Å². The molecule has 5 heteroatoms. The maximum absolute atomic E-state index is 11.7. The second-order valence-electron chi connectivity index (χ2n) is 4.00. The average molecular weight is 214 g/mol. The normalized spacial score (nSPS) is 18.1. The van der Waals surface area contributed by atoms with Crippen LogP contribution in [0.2, 0.25) is 0 Å². The number of hydrogen-bond acceptors (Lipinski definition) is 4. The highest BCUT2D eigenvalue weighted by molar-refractivity contribution is 5.78. The Hall–Kier alpha value is -0.650. The summed E-state index contributed by atoms with van der Waals surface area (Å²) in [5.41, 5.74) is 5.36. The SMILES string of the molecule is CN1CCN(C(=O)CNCCCN)CC1. The van der Waals surface area contributed by atoms with Gasteiger partial charge in [-0.15, -0.1) is 0 Å². The topological polar surface area (TPSA) is 61.6 Å². The molecule has 0 saturated carbocycles. The van der Waals surface area contributed by atoms with E-state index in [9.17, 15) is 4.79 Å². The van der Waals surface area contributed by atoms with Gasteiger partial charge in [-0.05, 0) is 26.6 Å². The van der Waals surface area contributed by atoms with Gasteiger partial charge in [-0.25, -0.2) is 0 Å². The molecule has 1 rings (SSSR count). The van der Waals surface area contributed by atoms with E-state index in [0.717, 1.165) is 39.1 Å². The number of carbonyl (C=O) groups excluding carboxylic acids is 1. The third-order valence-corrected chi connectivity index (χ3v) is 2.69. The molecule has 3 N–H and O–H groups in total. The van der Waals surface area contributed by atoms with E-state index in [-0.39, 0.29) is 5.91 Å². The van der Waals surface area contributed by atoms with Gasteiger partial charge in [0.15, 0.2) is 0 Å². The highest BCUT2D eigenvalue weighted by Gasteiger charge is 2.17. The quantitative estimate of drug-likeness (QED) is 0.558. The number of nitrogens with zero attached hydrogens (tertiary/aromatic N) is 2. The molecule has 1 amide bonds. The van der Waals surface area contributed by atoms with E-state index in [2.05, 4.69) is 17.3 Å². The number of hydrogen-bond donors (Lipinski definition) is 2. The molecule has 0 aromatic carbocycles. The van der Waals surface area contributed by atoms with Gasteiger partial charge in [0.25, 0.3) is 0 Å². The molecular formula is C10H22N4O. The van der Waals surface area contributed by atoms with Crippen molar-refractivity contribution in [2.24, 2.45) is 5.73 Å². The Balaban J connectivity index is 2.11. The van der Waals surface area contributed by atoms with Gasteiger partial charge in [0.1, 0.15) is 0 Å². The van der Waals surface area contributed by atoms with Crippen molar-refractivity contribution in [1.82, 2.24) is 15.1 Å². The maximum Gasteiger partial charge on any atom is 0.236 e. The van der Waals surface area contributed by atoms with Crippen molar-refractivity contribution in [2.75, 3.05) is 52.9 Å². The van der Waals surface area contributed by atoms with Crippen molar-refractivity contribution in [3.63, 3.8) is 0 Å². The predicted molar refractivity (Wildman–Crippen MR) is 60.6 cm³/mol. The van der Waals surface area contributed by atoms with E-state index < -0.39 is 0 Å². The second-order valence-corrected chi connectivity index (χ2v) is 4.00. The summed E-state index contributed by atoms with van der Waals surface area (Å²) in [5, 5.41) is 3.11. The van der Waals surface area contributed by atoms with Gasteiger partial charge in [-0.3, -0.25) is 4.79 Å². The summed E-state index contributed by atoms with van der Waals surface area (Å²) in [7, 11) is 2.08. The molecule has 1 heterocycles. The highest BCUT2D eigenvalue weighted by Crippen LogP contribution is 1.98. The molecule has 0 aromatic heterocycles. The van der Waals surface area contributed by atoms with Crippen molar-refractivity contribution < 1.29 is 4.79 Å². The first-order valence-corrected chi connectivity index (χ1v) is 5.61. The Morgan fingerprint density at radius 3 is 2.60 bits per heavy atom. The zero-order chi connectivity index (χ0) is 11.1. The Labute approximate surface area is 91.6 Å². The Bertz CT molecular complexity index is 190. The first-order chi connectivity index (χ1) is 7.24. The molecule has 1 fully saturated rings. The largest absolute Gasteiger partial charge is 0.339 e. The molecule has 88 valence electrons. The third-order valence-electron chi connectivity index (χ3n) is 2.69. The van der Waals surface area contributed by atoms with E-state index in [4.69, 9.17) is 5.73 Å². The van der Waals surface area contributed by atoms with Crippen LogP contribution in [0, 0.1) is 0 Å². The van der Waals surface area contributed by atoms with E-state index in [1.807, 2.05) is 4.90 Å². The number of nitrogens with one attached hydrogen (secondary N) is 1. The summed E-state index contributed by atoms with van der Waals surface area (Å²) < 4.78 is 0. The Morgan fingerprint density at radius 1 is 1.33 bits per heavy atom. The summed E-state index contributed by atoms with van der Waals surface area (Å²) in [5.74, 6) is 0.208. The third kappa shape index (κ3) is 4.59. The maximum atomic E-state index is 11.7.